The van der Waals surface area contributed by atoms with E-state index in [0.29, 0.717) is 0 Å². The predicted octanol–water partition coefficient (Wildman–Crippen LogP) is -2.24. The molecule has 2 rings (SSSR count). The fourth-order valence-electron chi connectivity index (χ4n) is 4.31. The number of amides is 4. The number of carbonyl (C=O) groups excluding carboxylic acids is 4. The number of aliphatic imine (C=N–C) groups is 1. The van der Waals surface area contributed by atoms with E-state index in [0.717, 1.165) is 16.5 Å². The van der Waals surface area contributed by atoms with Crippen molar-refractivity contribution < 1.29 is 39.0 Å². The topological polar surface area (TPSA) is 311 Å². The standard InChI is InChI=1S/C27H39N9O8/c28-16(12-14-13-33-17-5-2-1-4-15(14)17)23(40)34-18(6-3-11-32-27(30)31)24(41)35-19(7-9-21(29)37)25(42)36-20(26(43)44)8-10-22(38)39/h1-2,4-5,13,16,18-20,33H,3,6-12,28H2,(H2,29,37)(H,34,40)(H,35,41)(H,36,42)(H,38,39)(H,43,44)(H4,30,31,32). The van der Waals surface area contributed by atoms with Crippen molar-refractivity contribution in [3.8, 4) is 0 Å². The summed E-state index contributed by atoms with van der Waals surface area (Å²) in [5, 5.41) is 26.4. The second-order valence-corrected chi connectivity index (χ2v) is 10.1. The van der Waals surface area contributed by atoms with Crippen LogP contribution in [0.4, 0.5) is 0 Å². The molecule has 1 aromatic carbocycles. The van der Waals surface area contributed by atoms with Gasteiger partial charge in [0, 0.05) is 36.5 Å². The summed E-state index contributed by atoms with van der Waals surface area (Å²) < 4.78 is 0. The number of guanidine groups is 1. The number of para-hydroxylation sites is 1. The van der Waals surface area contributed by atoms with Gasteiger partial charge >= 0.3 is 11.9 Å². The predicted molar refractivity (Wildman–Crippen MR) is 159 cm³/mol. The normalized spacial score (nSPS) is 13.6. The number of nitrogens with zero attached hydrogens (tertiary/aromatic N) is 1. The van der Waals surface area contributed by atoms with Crippen LogP contribution in [0, 0.1) is 0 Å². The van der Waals surface area contributed by atoms with Gasteiger partial charge in [0.25, 0.3) is 0 Å². The Morgan fingerprint density at radius 2 is 1.41 bits per heavy atom. The second kappa shape index (κ2) is 17.1. The van der Waals surface area contributed by atoms with E-state index in [1.165, 1.54) is 0 Å². The summed E-state index contributed by atoms with van der Waals surface area (Å²) in [5.74, 6) is -6.20. The van der Waals surface area contributed by atoms with E-state index in [4.69, 9.17) is 28.0 Å². The Morgan fingerprint density at radius 3 is 2.02 bits per heavy atom. The minimum Gasteiger partial charge on any atom is -0.481 e. The SMILES string of the molecule is NC(=O)CCC(NC(=O)C(CCCN=C(N)N)NC(=O)C(N)Cc1c[nH]c2ccccc12)C(=O)NC(CCC(=O)O)C(=O)O. The van der Waals surface area contributed by atoms with E-state index in [2.05, 4.69) is 25.9 Å². The van der Waals surface area contributed by atoms with E-state index in [9.17, 15) is 33.9 Å². The molecule has 240 valence electrons. The van der Waals surface area contributed by atoms with Crippen molar-refractivity contribution in [1.29, 1.82) is 0 Å². The van der Waals surface area contributed by atoms with Crippen molar-refractivity contribution in [3.63, 3.8) is 0 Å². The molecule has 4 amide bonds. The van der Waals surface area contributed by atoms with E-state index >= 15 is 0 Å². The molecule has 0 radical (unpaired) electrons. The minimum atomic E-state index is -1.58. The number of nitrogens with two attached hydrogens (primary N) is 4. The van der Waals surface area contributed by atoms with Gasteiger partial charge in [0.05, 0.1) is 6.04 Å². The van der Waals surface area contributed by atoms with Crippen LogP contribution in [-0.4, -0.2) is 87.4 Å². The third-order valence-electron chi connectivity index (χ3n) is 6.60. The highest BCUT2D eigenvalue weighted by atomic mass is 16.4. The third kappa shape index (κ3) is 11.6. The van der Waals surface area contributed by atoms with Gasteiger partial charge in [-0.15, -0.1) is 0 Å². The molecule has 1 heterocycles. The Balaban J connectivity index is 2.20. The van der Waals surface area contributed by atoms with Crippen LogP contribution in [-0.2, 0) is 35.2 Å². The zero-order valence-electron chi connectivity index (χ0n) is 24.0. The molecule has 0 aliphatic rings. The summed E-state index contributed by atoms with van der Waals surface area (Å²) >= 11 is 0. The van der Waals surface area contributed by atoms with Crippen molar-refractivity contribution in [2.75, 3.05) is 6.54 Å². The number of aliphatic carboxylic acids is 2. The zero-order chi connectivity index (χ0) is 32.8. The maximum Gasteiger partial charge on any atom is 0.326 e. The fraction of sp³-hybridized carbons (Fsp3) is 0.444. The van der Waals surface area contributed by atoms with Gasteiger partial charge < -0.3 is 54.1 Å². The molecule has 0 aliphatic heterocycles. The van der Waals surface area contributed by atoms with Crippen LogP contribution in [0.3, 0.4) is 0 Å². The molecule has 17 heteroatoms. The highest BCUT2D eigenvalue weighted by Crippen LogP contribution is 2.19. The molecule has 0 bridgehead atoms. The van der Waals surface area contributed by atoms with E-state index in [-0.39, 0.29) is 44.6 Å². The van der Waals surface area contributed by atoms with Crippen LogP contribution in [0.1, 0.15) is 44.1 Å². The van der Waals surface area contributed by atoms with Gasteiger partial charge in [0.2, 0.25) is 23.6 Å². The van der Waals surface area contributed by atoms with Crippen LogP contribution >= 0.6 is 0 Å². The number of hydrogen-bond donors (Lipinski definition) is 10. The van der Waals surface area contributed by atoms with E-state index in [1.807, 2.05) is 24.3 Å². The van der Waals surface area contributed by atoms with Crippen molar-refractivity contribution in [2.24, 2.45) is 27.9 Å². The third-order valence-corrected chi connectivity index (χ3v) is 6.60. The Hall–Kier alpha value is -5.19. The molecular weight excluding hydrogens is 578 g/mol. The first-order valence-corrected chi connectivity index (χ1v) is 13.8. The van der Waals surface area contributed by atoms with Gasteiger partial charge in [-0.3, -0.25) is 29.0 Å². The molecule has 4 unspecified atom stereocenters. The lowest BCUT2D eigenvalue weighted by atomic mass is 10.0. The Morgan fingerprint density at radius 1 is 0.818 bits per heavy atom. The van der Waals surface area contributed by atoms with Crippen LogP contribution in [0.25, 0.3) is 10.9 Å². The smallest absolute Gasteiger partial charge is 0.326 e. The van der Waals surface area contributed by atoms with Crippen LogP contribution in [0.5, 0.6) is 0 Å². The maximum atomic E-state index is 13.4. The number of hydrogen-bond acceptors (Lipinski definition) is 8. The first-order chi connectivity index (χ1) is 20.8. The number of H-pyrrole nitrogens is 1. The first kappa shape index (κ1) is 35.0. The maximum absolute atomic E-state index is 13.4. The van der Waals surface area contributed by atoms with Gasteiger partial charge in [-0.1, -0.05) is 18.2 Å². The molecule has 14 N–H and O–H groups in total. The summed E-state index contributed by atoms with van der Waals surface area (Å²) in [4.78, 5) is 80.3. The molecule has 1 aromatic heterocycles. The van der Waals surface area contributed by atoms with E-state index < -0.39 is 72.6 Å². The summed E-state index contributed by atoms with van der Waals surface area (Å²) in [6.07, 6.45) is 0.532. The molecule has 44 heavy (non-hydrogen) atoms. The number of nitrogens with one attached hydrogen (secondary N) is 4. The second-order valence-electron chi connectivity index (χ2n) is 10.1. The molecule has 0 fully saturated rings. The lowest BCUT2D eigenvalue weighted by molar-refractivity contribution is -0.143. The molecule has 0 spiro atoms. The van der Waals surface area contributed by atoms with Gasteiger partial charge in [0.15, 0.2) is 5.96 Å². The minimum absolute atomic E-state index is 0.0225. The fourth-order valence-corrected chi connectivity index (χ4v) is 4.31. The lowest BCUT2D eigenvalue weighted by Crippen LogP contribution is -2.57. The number of primary amides is 1. The quantitative estimate of drug-likeness (QED) is 0.0456. The number of benzene rings is 1. The Labute approximate surface area is 252 Å². The Kier molecular flexibility index (Phi) is 13.6. The van der Waals surface area contributed by atoms with Gasteiger partial charge in [-0.2, -0.15) is 0 Å². The zero-order valence-corrected chi connectivity index (χ0v) is 24.0. The van der Waals surface area contributed by atoms with Crippen molar-refractivity contribution in [2.45, 2.75) is 69.1 Å². The highest BCUT2D eigenvalue weighted by molar-refractivity contribution is 5.94. The van der Waals surface area contributed by atoms with Gasteiger partial charge in [-0.05, 0) is 43.7 Å². The lowest BCUT2D eigenvalue weighted by Gasteiger charge is -2.25. The molecule has 17 nitrogen and oxygen atoms in total. The number of fused-ring (bicyclic) bond motifs is 1. The van der Waals surface area contributed by atoms with Crippen LogP contribution in [0.2, 0.25) is 0 Å². The average molecular weight is 618 g/mol. The number of carboxylic acid groups (broad SMARTS) is 2. The molecule has 0 saturated carbocycles. The largest absolute Gasteiger partial charge is 0.481 e. The number of rotatable bonds is 19. The van der Waals surface area contributed by atoms with Crippen LogP contribution < -0.4 is 38.9 Å². The van der Waals surface area contributed by atoms with Crippen molar-refractivity contribution in [1.82, 2.24) is 20.9 Å². The number of carboxylic acids is 2. The van der Waals surface area contributed by atoms with Gasteiger partial charge in [-0.25, -0.2) is 4.79 Å². The van der Waals surface area contributed by atoms with E-state index in [1.54, 1.807) is 6.20 Å². The molecule has 2 aromatic rings. The molecular formula is C27H39N9O8. The van der Waals surface area contributed by atoms with Gasteiger partial charge in [0.1, 0.15) is 18.1 Å². The first-order valence-electron chi connectivity index (χ1n) is 13.8. The average Bonchev–Trinajstić information content (AvgIpc) is 3.36. The summed E-state index contributed by atoms with van der Waals surface area (Å²) in [7, 11) is 0. The highest BCUT2D eigenvalue weighted by Gasteiger charge is 2.31. The molecule has 0 saturated heterocycles. The van der Waals surface area contributed by atoms with Crippen molar-refractivity contribution in [3.05, 3.63) is 36.0 Å². The number of aromatic nitrogens is 1. The molecule has 0 aliphatic carbocycles. The summed E-state index contributed by atoms with van der Waals surface area (Å²) in [6, 6.07) is 2.14. The number of aromatic amines is 1. The number of carbonyl (C=O) groups is 6. The van der Waals surface area contributed by atoms with Crippen LogP contribution in [0.15, 0.2) is 35.5 Å². The summed E-state index contributed by atoms with van der Waals surface area (Å²) in [5.41, 5.74) is 23.7. The molecule has 4 atom stereocenters. The summed E-state index contributed by atoms with van der Waals surface area (Å²) in [6.45, 7) is 0.124. The monoisotopic (exact) mass is 617 g/mol. The Bertz CT molecular complexity index is 1370. The van der Waals surface area contributed by atoms with Crippen molar-refractivity contribution >= 4 is 52.4 Å².